The number of nitrogens with zero attached hydrogens (tertiary/aromatic N) is 1. The van der Waals surface area contributed by atoms with Crippen molar-refractivity contribution in [1.82, 2.24) is 4.90 Å². The molecule has 1 aliphatic heterocycles. The summed E-state index contributed by atoms with van der Waals surface area (Å²) in [6, 6.07) is 0.487. The van der Waals surface area contributed by atoms with Crippen molar-refractivity contribution in [3.63, 3.8) is 0 Å². The maximum Gasteiger partial charge on any atom is 0.252 e. The molecule has 0 N–H and O–H groups in total. The third-order valence-corrected chi connectivity index (χ3v) is 4.54. The minimum atomic E-state index is -2.40. The summed E-state index contributed by atoms with van der Waals surface area (Å²) in [4.78, 5) is 2.25. The molecule has 15 heavy (non-hydrogen) atoms. The number of hydrogen-bond acceptors (Lipinski definition) is 1. The summed E-state index contributed by atoms with van der Waals surface area (Å²) in [7, 11) is 0. The molecule has 0 radical (unpaired) electrons. The molecule has 0 aromatic heterocycles. The van der Waals surface area contributed by atoms with Gasteiger partial charge in [-0.05, 0) is 32.2 Å². The molecule has 88 valence electrons. The van der Waals surface area contributed by atoms with Crippen LogP contribution in [0.4, 0.5) is 8.78 Å². The lowest BCUT2D eigenvalue weighted by Crippen LogP contribution is -2.39. The molecule has 1 aliphatic carbocycles. The molecular weight excluding hydrogens is 264 g/mol. The highest BCUT2D eigenvalue weighted by atomic mass is 79.9. The van der Waals surface area contributed by atoms with Crippen molar-refractivity contribution < 1.29 is 8.78 Å². The zero-order valence-electron chi connectivity index (χ0n) is 8.89. The van der Waals surface area contributed by atoms with Crippen LogP contribution in [-0.2, 0) is 0 Å². The van der Waals surface area contributed by atoms with Crippen LogP contribution in [0.1, 0.15) is 32.1 Å². The number of rotatable bonds is 3. The maximum absolute atomic E-state index is 13.5. The molecule has 1 heterocycles. The zero-order chi connectivity index (χ0) is 10.9. The maximum atomic E-state index is 13.5. The molecule has 1 saturated heterocycles. The van der Waals surface area contributed by atoms with Crippen LogP contribution in [0.5, 0.6) is 0 Å². The Labute approximate surface area is 98.3 Å². The SMILES string of the molecule is FC1(F)CCCC1CN1CCC[C@@H]1CBr. The summed E-state index contributed by atoms with van der Waals surface area (Å²) >= 11 is 3.47. The van der Waals surface area contributed by atoms with E-state index in [0.29, 0.717) is 25.4 Å². The van der Waals surface area contributed by atoms with Crippen molar-refractivity contribution in [1.29, 1.82) is 0 Å². The van der Waals surface area contributed by atoms with Crippen LogP contribution in [0.2, 0.25) is 0 Å². The van der Waals surface area contributed by atoms with Crippen LogP contribution in [0, 0.1) is 5.92 Å². The topological polar surface area (TPSA) is 3.24 Å². The fraction of sp³-hybridized carbons (Fsp3) is 1.00. The second-order valence-corrected chi connectivity index (χ2v) is 5.44. The van der Waals surface area contributed by atoms with Gasteiger partial charge in [-0.15, -0.1) is 0 Å². The molecule has 2 aliphatic rings. The molecular formula is C11H18BrF2N. The third-order valence-electron chi connectivity index (χ3n) is 3.79. The summed E-state index contributed by atoms with van der Waals surface area (Å²) in [5, 5.41) is 0.922. The van der Waals surface area contributed by atoms with Gasteiger partial charge in [0, 0.05) is 30.3 Å². The fourth-order valence-corrected chi connectivity index (χ4v) is 3.55. The predicted octanol–water partition coefficient (Wildman–Crippen LogP) is 3.28. The summed E-state index contributed by atoms with van der Waals surface area (Å²) in [6.07, 6.45) is 3.82. The largest absolute Gasteiger partial charge is 0.299 e. The normalized spacial score (nSPS) is 36.2. The van der Waals surface area contributed by atoms with E-state index < -0.39 is 11.8 Å². The molecule has 2 fully saturated rings. The minimum Gasteiger partial charge on any atom is -0.299 e. The molecule has 0 amide bonds. The Morgan fingerprint density at radius 2 is 2.07 bits per heavy atom. The first-order valence-corrected chi connectivity index (χ1v) is 6.93. The van der Waals surface area contributed by atoms with Crippen LogP contribution >= 0.6 is 15.9 Å². The highest BCUT2D eigenvalue weighted by Crippen LogP contribution is 2.41. The fourth-order valence-electron chi connectivity index (χ4n) is 2.82. The van der Waals surface area contributed by atoms with Gasteiger partial charge in [-0.2, -0.15) is 0 Å². The molecule has 0 aromatic carbocycles. The summed E-state index contributed by atoms with van der Waals surface area (Å²) < 4.78 is 26.9. The Kier molecular flexibility index (Phi) is 3.66. The van der Waals surface area contributed by atoms with E-state index in [4.69, 9.17) is 0 Å². The van der Waals surface area contributed by atoms with Crippen molar-refractivity contribution in [3.05, 3.63) is 0 Å². The molecule has 0 spiro atoms. The van der Waals surface area contributed by atoms with Crippen molar-refractivity contribution in [2.45, 2.75) is 44.1 Å². The van der Waals surface area contributed by atoms with E-state index in [1.807, 2.05) is 0 Å². The zero-order valence-corrected chi connectivity index (χ0v) is 10.5. The van der Waals surface area contributed by atoms with Crippen molar-refractivity contribution in [3.8, 4) is 0 Å². The van der Waals surface area contributed by atoms with Gasteiger partial charge in [-0.1, -0.05) is 15.9 Å². The van der Waals surface area contributed by atoms with Gasteiger partial charge in [-0.3, -0.25) is 4.90 Å². The van der Waals surface area contributed by atoms with E-state index in [2.05, 4.69) is 20.8 Å². The molecule has 1 unspecified atom stereocenters. The molecule has 1 nitrogen and oxygen atoms in total. The van der Waals surface area contributed by atoms with Crippen molar-refractivity contribution in [2.75, 3.05) is 18.4 Å². The van der Waals surface area contributed by atoms with Crippen LogP contribution < -0.4 is 0 Å². The van der Waals surface area contributed by atoms with E-state index in [1.54, 1.807) is 0 Å². The van der Waals surface area contributed by atoms with Gasteiger partial charge >= 0.3 is 0 Å². The first-order chi connectivity index (χ1) is 7.13. The quantitative estimate of drug-likeness (QED) is 0.718. The first-order valence-electron chi connectivity index (χ1n) is 5.81. The summed E-state index contributed by atoms with van der Waals surface area (Å²) in [5.74, 6) is -2.79. The smallest absolute Gasteiger partial charge is 0.252 e. The number of halogens is 3. The minimum absolute atomic E-state index is 0.102. The lowest BCUT2D eigenvalue weighted by atomic mass is 10.0. The van der Waals surface area contributed by atoms with Gasteiger partial charge in [0.15, 0.2) is 0 Å². The van der Waals surface area contributed by atoms with E-state index in [1.165, 1.54) is 0 Å². The second-order valence-electron chi connectivity index (χ2n) is 4.80. The van der Waals surface area contributed by atoms with E-state index in [9.17, 15) is 8.78 Å². The molecule has 1 saturated carbocycles. The lowest BCUT2D eigenvalue weighted by molar-refractivity contribution is -0.0477. The van der Waals surface area contributed by atoms with E-state index in [0.717, 1.165) is 24.7 Å². The molecule has 0 bridgehead atoms. The van der Waals surface area contributed by atoms with Crippen LogP contribution in [0.15, 0.2) is 0 Å². The number of alkyl halides is 3. The van der Waals surface area contributed by atoms with Gasteiger partial charge in [0.2, 0.25) is 0 Å². The van der Waals surface area contributed by atoms with Crippen LogP contribution in [-0.4, -0.2) is 35.3 Å². The van der Waals surface area contributed by atoms with E-state index >= 15 is 0 Å². The molecule has 2 rings (SSSR count). The van der Waals surface area contributed by atoms with Gasteiger partial charge < -0.3 is 0 Å². The standard InChI is InChI=1S/C11H18BrF2N/c12-7-10-4-2-6-15(10)8-9-3-1-5-11(9,13)14/h9-10H,1-8H2/t9?,10-/m1/s1. The van der Waals surface area contributed by atoms with Gasteiger partial charge in [-0.25, -0.2) is 8.78 Å². The van der Waals surface area contributed by atoms with Gasteiger partial charge in [0.25, 0.3) is 5.92 Å². The Hall–Kier alpha value is 0.300. The summed E-state index contributed by atoms with van der Waals surface area (Å²) in [6.45, 7) is 1.60. The molecule has 2 atom stereocenters. The lowest BCUT2D eigenvalue weighted by Gasteiger charge is -2.28. The Balaban J connectivity index is 1.91. The Bertz CT molecular complexity index is 223. The monoisotopic (exact) mass is 281 g/mol. The number of hydrogen-bond donors (Lipinski definition) is 0. The first kappa shape index (κ1) is 11.8. The average Bonchev–Trinajstić information content (AvgIpc) is 2.74. The second kappa shape index (κ2) is 4.66. The number of likely N-dealkylation sites (tertiary alicyclic amines) is 1. The van der Waals surface area contributed by atoms with Crippen molar-refractivity contribution >= 4 is 15.9 Å². The molecule has 4 heteroatoms. The Morgan fingerprint density at radius 3 is 2.67 bits per heavy atom. The van der Waals surface area contributed by atoms with Crippen molar-refractivity contribution in [2.24, 2.45) is 5.92 Å². The van der Waals surface area contributed by atoms with Gasteiger partial charge in [0.1, 0.15) is 0 Å². The Morgan fingerprint density at radius 1 is 1.27 bits per heavy atom. The van der Waals surface area contributed by atoms with Gasteiger partial charge in [0.05, 0.1) is 0 Å². The molecule has 0 aromatic rings. The summed E-state index contributed by atoms with van der Waals surface area (Å²) in [5.41, 5.74) is 0. The van der Waals surface area contributed by atoms with Crippen LogP contribution in [0.3, 0.4) is 0 Å². The third kappa shape index (κ3) is 2.52. The van der Waals surface area contributed by atoms with E-state index in [-0.39, 0.29) is 6.42 Å². The highest BCUT2D eigenvalue weighted by molar-refractivity contribution is 9.09. The van der Waals surface area contributed by atoms with Crippen LogP contribution in [0.25, 0.3) is 0 Å². The predicted molar refractivity (Wildman–Crippen MR) is 60.7 cm³/mol. The highest BCUT2D eigenvalue weighted by Gasteiger charge is 2.45. The average molecular weight is 282 g/mol.